The lowest BCUT2D eigenvalue weighted by molar-refractivity contribution is 1.08. The van der Waals surface area contributed by atoms with Crippen LogP contribution >= 0.6 is 67.8 Å². The van der Waals surface area contributed by atoms with Crippen LogP contribution in [0.1, 0.15) is 0 Å². The van der Waals surface area contributed by atoms with E-state index in [1.54, 1.807) is 0 Å². The average Bonchev–Trinajstić information content (AvgIpc) is 3.75. The van der Waals surface area contributed by atoms with Crippen molar-refractivity contribution >= 4 is 134 Å². The molecule has 0 radical (unpaired) electrons. The van der Waals surface area contributed by atoms with Gasteiger partial charge in [0, 0.05) is 53.8 Å². The zero-order chi connectivity index (χ0) is 28.8. The van der Waals surface area contributed by atoms with Gasteiger partial charge < -0.3 is 19.9 Å². The van der Waals surface area contributed by atoms with Gasteiger partial charge in [0.1, 0.15) is 45.2 Å². The number of H-pyrrole nitrogens is 4. The Hall–Kier alpha value is -3.57. The Labute approximate surface area is 283 Å². The Kier molecular flexibility index (Phi) is 5.85. The fraction of sp³-hybridized carbons (Fsp3) is 0. The molecule has 0 aliphatic carbocycles. The van der Waals surface area contributed by atoms with E-state index in [0.717, 1.165) is 95.5 Å². The summed E-state index contributed by atoms with van der Waals surface area (Å²) in [6.07, 6.45) is 0. The van der Waals surface area contributed by atoms with E-state index >= 15 is 0 Å². The van der Waals surface area contributed by atoms with Crippen LogP contribution in [0.4, 0.5) is 23.3 Å². The van der Waals surface area contributed by atoms with E-state index in [-0.39, 0.29) is 0 Å². The third-order valence-electron chi connectivity index (χ3n) is 7.81. The highest BCUT2D eigenvalue weighted by Crippen LogP contribution is 2.40. The molecular weight excluding hydrogens is 877 g/mol. The number of rotatable bonds is 0. The largest absolute Gasteiger partial charge is 0.324 e. The van der Waals surface area contributed by atoms with Crippen molar-refractivity contribution in [3.05, 3.63) is 112 Å². The van der Waals surface area contributed by atoms with E-state index in [9.17, 15) is 0 Å². The Morgan fingerprint density at radius 1 is 0.395 bits per heavy atom. The van der Waals surface area contributed by atoms with Crippen molar-refractivity contribution in [1.29, 1.82) is 0 Å². The maximum Gasteiger partial charge on any atom is 0.143 e. The fourth-order valence-corrected chi connectivity index (χ4v) is 8.19. The first-order valence-electron chi connectivity index (χ1n) is 13.4. The number of halogens is 3. The monoisotopic (exact) mass is 894 g/mol. The van der Waals surface area contributed by atoms with E-state index in [1.165, 1.54) is 3.57 Å². The van der Waals surface area contributed by atoms with Gasteiger partial charge in [-0.25, -0.2) is 20.0 Å². The molecule has 5 heterocycles. The first-order valence-corrected chi connectivity index (χ1v) is 16.7. The molecule has 0 fully saturated rings. The number of nitrogens with one attached hydrogen (secondary N) is 4. The Morgan fingerprint density at radius 3 is 1.23 bits per heavy atom. The van der Waals surface area contributed by atoms with Gasteiger partial charge >= 0.3 is 0 Å². The number of fused-ring (bicyclic) bond motifs is 20. The second-order valence-corrected chi connectivity index (χ2v) is 13.6. The highest BCUT2D eigenvalue weighted by molar-refractivity contribution is 14.1. The molecule has 0 atom stereocenters. The topological polar surface area (TPSA) is 113 Å². The highest BCUT2D eigenvalue weighted by atomic mass is 127. The molecule has 206 valence electrons. The van der Waals surface area contributed by atoms with Gasteiger partial charge in [-0.3, -0.25) is 0 Å². The molecule has 1 aliphatic heterocycles. The Morgan fingerprint density at radius 2 is 0.767 bits per heavy atom. The van der Waals surface area contributed by atoms with Gasteiger partial charge in [0.25, 0.3) is 0 Å². The Balaban J connectivity index is 1.52. The summed E-state index contributed by atoms with van der Waals surface area (Å²) in [5.74, 6) is 2.94. The van der Waals surface area contributed by atoms with Gasteiger partial charge in [-0.05, 0) is 73.8 Å². The molecule has 8 nitrogen and oxygen atoms in total. The molecule has 11 heteroatoms. The third kappa shape index (κ3) is 3.96. The van der Waals surface area contributed by atoms with Crippen molar-refractivity contribution < 1.29 is 0 Å². The Bertz CT molecular complexity index is 2730. The standard InChI is InChI=1S/C32H17I3N8/c33-21-13-20-22(24(35)23(21)34)32-42-30-19-12-6-5-11-18(19)28(40-30)38-26-15-8-2-1-7-14(15)25(36-26)37-27-16-9-3-4-10-17(16)29(39-27)41-31(20)43-32/h1-13H,(H4,36,37,38,39,40,41,42,43). The van der Waals surface area contributed by atoms with Gasteiger partial charge in [0.15, 0.2) is 0 Å². The number of hydrogen-bond acceptors (Lipinski definition) is 4. The van der Waals surface area contributed by atoms with E-state index in [1.807, 2.05) is 36.4 Å². The molecule has 0 saturated carbocycles. The lowest BCUT2D eigenvalue weighted by Crippen LogP contribution is -2.10. The quantitative estimate of drug-likeness (QED) is 0.0892. The zero-order valence-electron chi connectivity index (χ0n) is 21.9. The summed E-state index contributed by atoms with van der Waals surface area (Å²) in [6, 6.07) is 26.8. The van der Waals surface area contributed by atoms with Crippen LogP contribution in [0, 0.1) is 10.7 Å². The van der Waals surface area contributed by atoms with Crippen LogP contribution in [0.3, 0.4) is 0 Å². The van der Waals surface area contributed by atoms with Crippen LogP contribution in [0.2, 0.25) is 0 Å². The number of benzene rings is 4. The van der Waals surface area contributed by atoms with Crippen molar-refractivity contribution in [2.75, 3.05) is 0 Å². The molecular formula is C32H17I3N8. The normalized spacial score (nSPS) is 12.8. The van der Waals surface area contributed by atoms with E-state index < -0.39 is 0 Å². The summed E-state index contributed by atoms with van der Waals surface area (Å²) in [5.41, 5.74) is 2.92. The molecule has 4 N–H and O–H groups in total. The molecule has 0 saturated heterocycles. The molecule has 0 spiro atoms. The molecule has 8 bridgehead atoms. The number of hydrogen-bond donors (Lipinski definition) is 4. The highest BCUT2D eigenvalue weighted by Gasteiger charge is 2.19. The van der Waals surface area contributed by atoms with Crippen LogP contribution in [0.5, 0.6) is 0 Å². The van der Waals surface area contributed by atoms with Crippen molar-refractivity contribution in [2.24, 2.45) is 20.0 Å². The first-order chi connectivity index (χ1) is 21.0. The molecule has 1 aliphatic rings. The molecule has 0 unspecified atom stereocenters. The maximum absolute atomic E-state index is 5.20. The number of nitrogens with zero attached hydrogens (tertiary/aromatic N) is 4. The molecule has 4 aromatic carbocycles. The summed E-state index contributed by atoms with van der Waals surface area (Å²) in [5, 5.41) is 7.97. The fourth-order valence-electron chi connectivity index (χ4n) is 5.83. The second kappa shape index (κ2) is 9.72. The zero-order valence-corrected chi connectivity index (χ0v) is 28.4. The van der Waals surface area contributed by atoms with Crippen LogP contribution in [0.25, 0.3) is 43.1 Å². The van der Waals surface area contributed by atoms with E-state index in [2.05, 4.69) is 130 Å². The maximum atomic E-state index is 5.20. The van der Waals surface area contributed by atoms with E-state index in [0.29, 0.717) is 0 Å². The summed E-state index contributed by atoms with van der Waals surface area (Å²) in [7, 11) is 0. The summed E-state index contributed by atoms with van der Waals surface area (Å²) in [6.45, 7) is 0. The average molecular weight is 894 g/mol. The minimum absolute atomic E-state index is 0.729. The lowest BCUT2D eigenvalue weighted by atomic mass is 10.2. The summed E-state index contributed by atoms with van der Waals surface area (Å²) < 4.78 is 3.48. The van der Waals surface area contributed by atoms with Crippen molar-refractivity contribution in [3.63, 3.8) is 0 Å². The molecule has 0 amide bonds. The van der Waals surface area contributed by atoms with Crippen LogP contribution in [-0.2, 0) is 0 Å². The predicted octanol–water partition coefficient (Wildman–Crippen LogP) is 7.54. The summed E-state index contributed by atoms with van der Waals surface area (Å²) in [4.78, 5) is 34.7. The van der Waals surface area contributed by atoms with Crippen molar-refractivity contribution in [1.82, 2.24) is 19.9 Å². The van der Waals surface area contributed by atoms with Crippen LogP contribution in [0.15, 0.2) is 98.8 Å². The SMILES string of the molecule is Ic1cc2c3[nH]c(c2c(I)c1I)N=c1[nH]c(c2ccccc12)=Nc1[nH]c(c2ccccc12)N=c1[nH]c(c2ccccc12)=N3. The van der Waals surface area contributed by atoms with Crippen LogP contribution in [-0.4, -0.2) is 19.9 Å². The third-order valence-corrected chi connectivity index (χ3v) is 12.9. The van der Waals surface area contributed by atoms with Crippen LogP contribution < -0.4 is 22.0 Å². The van der Waals surface area contributed by atoms with Gasteiger partial charge in [-0.2, -0.15) is 0 Å². The predicted molar refractivity (Wildman–Crippen MR) is 195 cm³/mol. The summed E-state index contributed by atoms with van der Waals surface area (Å²) >= 11 is 7.23. The molecule has 8 aromatic rings. The van der Waals surface area contributed by atoms with Gasteiger partial charge in [0.05, 0.1) is 0 Å². The number of aromatic nitrogens is 4. The van der Waals surface area contributed by atoms with Gasteiger partial charge in [-0.1, -0.05) is 72.8 Å². The molecule has 9 rings (SSSR count). The van der Waals surface area contributed by atoms with Crippen molar-refractivity contribution in [3.8, 4) is 0 Å². The van der Waals surface area contributed by atoms with Crippen molar-refractivity contribution in [2.45, 2.75) is 0 Å². The number of aromatic amines is 4. The minimum atomic E-state index is 0.729. The second-order valence-electron chi connectivity index (χ2n) is 10.3. The first kappa shape index (κ1) is 25.9. The molecule has 4 aromatic heterocycles. The minimum Gasteiger partial charge on any atom is -0.324 e. The van der Waals surface area contributed by atoms with E-state index in [4.69, 9.17) is 20.0 Å². The van der Waals surface area contributed by atoms with Gasteiger partial charge in [-0.15, -0.1) is 0 Å². The molecule has 43 heavy (non-hydrogen) atoms. The smallest absolute Gasteiger partial charge is 0.143 e. The van der Waals surface area contributed by atoms with Gasteiger partial charge in [0.2, 0.25) is 0 Å². The lowest BCUT2D eigenvalue weighted by Gasteiger charge is -2.03.